The number of hydrogen-bond acceptors (Lipinski definition) is 3. The van der Waals surface area contributed by atoms with Crippen molar-refractivity contribution in [1.82, 2.24) is 8.87 Å². The van der Waals surface area contributed by atoms with Crippen LogP contribution in [0.3, 0.4) is 0 Å². The van der Waals surface area contributed by atoms with E-state index in [0.29, 0.717) is 18.0 Å². The minimum absolute atomic E-state index is 0.243. The zero-order valence-electron chi connectivity index (χ0n) is 15.8. The van der Waals surface area contributed by atoms with Gasteiger partial charge in [0.15, 0.2) is 0 Å². The molecule has 0 saturated carbocycles. The van der Waals surface area contributed by atoms with E-state index in [1.165, 1.54) is 11.3 Å². The van der Waals surface area contributed by atoms with Crippen molar-refractivity contribution >= 4 is 15.7 Å². The van der Waals surface area contributed by atoms with E-state index in [1.54, 1.807) is 28.6 Å². The van der Waals surface area contributed by atoms with E-state index in [2.05, 4.69) is 53.3 Å². The molecule has 1 saturated heterocycles. The highest BCUT2D eigenvalue weighted by Crippen LogP contribution is 2.44. The van der Waals surface area contributed by atoms with Crippen molar-refractivity contribution in [2.24, 2.45) is 0 Å². The van der Waals surface area contributed by atoms with Crippen molar-refractivity contribution in [3.63, 3.8) is 0 Å². The predicted molar refractivity (Wildman–Crippen MR) is 110 cm³/mol. The monoisotopic (exact) mass is 393 g/mol. The molecule has 2 aliphatic heterocycles. The molecular formula is C22H23N3O2S. The number of sulfonamides is 1. The third-order valence-corrected chi connectivity index (χ3v) is 7.89. The van der Waals surface area contributed by atoms with E-state index in [-0.39, 0.29) is 5.54 Å². The molecule has 0 aliphatic carbocycles. The Labute approximate surface area is 165 Å². The van der Waals surface area contributed by atoms with Gasteiger partial charge in [-0.05, 0) is 61.7 Å². The van der Waals surface area contributed by atoms with Crippen molar-refractivity contribution in [2.75, 3.05) is 18.4 Å². The lowest BCUT2D eigenvalue weighted by Gasteiger charge is -2.46. The van der Waals surface area contributed by atoms with Crippen LogP contribution in [-0.4, -0.2) is 30.4 Å². The van der Waals surface area contributed by atoms with Crippen molar-refractivity contribution in [1.29, 1.82) is 0 Å². The van der Waals surface area contributed by atoms with Crippen LogP contribution < -0.4 is 5.32 Å². The Bertz CT molecular complexity index is 1130. The van der Waals surface area contributed by atoms with Gasteiger partial charge in [-0.1, -0.05) is 24.3 Å². The summed E-state index contributed by atoms with van der Waals surface area (Å²) >= 11 is 0. The maximum Gasteiger partial charge on any atom is 0.243 e. The molecule has 3 aromatic rings. The number of piperidine rings is 1. The molecule has 0 bridgehead atoms. The van der Waals surface area contributed by atoms with E-state index in [0.717, 1.165) is 24.2 Å². The van der Waals surface area contributed by atoms with Crippen LogP contribution >= 0.6 is 0 Å². The largest absolute Gasteiger partial charge is 0.372 e. The first-order chi connectivity index (χ1) is 13.5. The van der Waals surface area contributed by atoms with Gasteiger partial charge in [-0.2, -0.15) is 4.31 Å². The zero-order chi connectivity index (χ0) is 19.4. The van der Waals surface area contributed by atoms with Gasteiger partial charge in [0.2, 0.25) is 10.0 Å². The van der Waals surface area contributed by atoms with Crippen molar-refractivity contribution in [3.8, 4) is 5.69 Å². The van der Waals surface area contributed by atoms with Gasteiger partial charge in [0.1, 0.15) is 0 Å². The van der Waals surface area contributed by atoms with Gasteiger partial charge < -0.3 is 9.88 Å². The Kier molecular flexibility index (Phi) is 3.89. The zero-order valence-corrected chi connectivity index (χ0v) is 16.6. The molecule has 28 heavy (non-hydrogen) atoms. The first-order valence-corrected chi connectivity index (χ1v) is 11.1. The summed E-state index contributed by atoms with van der Waals surface area (Å²) in [5, 5.41) is 3.76. The molecule has 1 N–H and O–H groups in total. The number of fused-ring (bicyclic) bond motifs is 4. The van der Waals surface area contributed by atoms with Gasteiger partial charge in [-0.3, -0.25) is 0 Å². The number of aryl methyl sites for hydroxylation is 1. The molecule has 144 valence electrons. The van der Waals surface area contributed by atoms with Gasteiger partial charge >= 0.3 is 0 Å². The second-order valence-corrected chi connectivity index (χ2v) is 9.65. The fourth-order valence-corrected chi connectivity index (χ4v) is 5.96. The molecule has 5 nitrogen and oxygen atoms in total. The SMILES string of the molecule is Cc1ccc2c(c1)NC1(CCN(S(=O)(=O)c3ccccc3)CC1)c1cccn1-2. The molecule has 0 atom stereocenters. The van der Waals surface area contributed by atoms with Crippen LogP contribution in [0.15, 0.2) is 71.8 Å². The number of nitrogens with one attached hydrogen (secondary N) is 1. The van der Waals surface area contributed by atoms with Crippen LogP contribution in [0.4, 0.5) is 5.69 Å². The molecule has 0 amide bonds. The molecule has 2 aromatic carbocycles. The van der Waals surface area contributed by atoms with E-state index < -0.39 is 10.0 Å². The molecule has 0 unspecified atom stereocenters. The van der Waals surface area contributed by atoms with Crippen LogP contribution in [0.25, 0.3) is 5.69 Å². The number of benzene rings is 2. The van der Waals surface area contributed by atoms with Gasteiger partial charge in [0, 0.05) is 25.0 Å². The number of rotatable bonds is 2. The summed E-state index contributed by atoms with van der Waals surface area (Å²) in [6.07, 6.45) is 3.56. The fourth-order valence-electron chi connectivity index (χ4n) is 4.49. The quantitative estimate of drug-likeness (QED) is 0.719. The lowest BCUT2D eigenvalue weighted by atomic mass is 9.83. The second kappa shape index (κ2) is 6.22. The molecule has 2 aliphatic rings. The van der Waals surface area contributed by atoms with Crippen LogP contribution in [0.2, 0.25) is 0 Å². The first kappa shape index (κ1) is 17.5. The highest BCUT2D eigenvalue weighted by atomic mass is 32.2. The van der Waals surface area contributed by atoms with E-state index in [9.17, 15) is 8.42 Å². The van der Waals surface area contributed by atoms with E-state index in [4.69, 9.17) is 0 Å². The third-order valence-electron chi connectivity index (χ3n) is 5.98. The molecule has 1 spiro atoms. The summed E-state index contributed by atoms with van der Waals surface area (Å²) < 4.78 is 29.9. The summed E-state index contributed by atoms with van der Waals surface area (Å²) in [4.78, 5) is 0.367. The number of nitrogens with zero attached hydrogens (tertiary/aromatic N) is 2. The Balaban J connectivity index is 1.47. The van der Waals surface area contributed by atoms with Crippen molar-refractivity contribution in [2.45, 2.75) is 30.2 Å². The molecule has 3 heterocycles. The number of aromatic nitrogens is 1. The highest BCUT2D eigenvalue weighted by molar-refractivity contribution is 7.89. The number of hydrogen-bond donors (Lipinski definition) is 1. The Morgan fingerprint density at radius 3 is 2.46 bits per heavy atom. The maximum atomic E-state index is 13.0. The first-order valence-electron chi connectivity index (χ1n) is 9.62. The molecule has 1 aromatic heterocycles. The summed E-state index contributed by atoms with van der Waals surface area (Å²) in [5.74, 6) is 0. The lowest BCUT2D eigenvalue weighted by Crippen LogP contribution is -2.51. The maximum absolute atomic E-state index is 13.0. The molecular weight excluding hydrogens is 370 g/mol. The van der Waals surface area contributed by atoms with Crippen molar-refractivity contribution < 1.29 is 8.42 Å². The Morgan fingerprint density at radius 2 is 1.71 bits per heavy atom. The van der Waals surface area contributed by atoms with Crippen LogP contribution in [-0.2, 0) is 15.6 Å². The average molecular weight is 394 g/mol. The second-order valence-electron chi connectivity index (χ2n) is 7.71. The van der Waals surface area contributed by atoms with Crippen molar-refractivity contribution in [3.05, 3.63) is 78.1 Å². The summed E-state index contributed by atoms with van der Waals surface area (Å²) in [5.41, 5.74) is 4.44. The Morgan fingerprint density at radius 1 is 0.964 bits per heavy atom. The van der Waals surface area contributed by atoms with Gasteiger partial charge in [0.05, 0.1) is 21.8 Å². The van der Waals surface area contributed by atoms with Crippen LogP contribution in [0, 0.1) is 6.92 Å². The Hall–Kier alpha value is -2.57. The lowest BCUT2D eigenvalue weighted by molar-refractivity contribution is 0.247. The smallest absolute Gasteiger partial charge is 0.243 e. The average Bonchev–Trinajstić information content (AvgIpc) is 3.20. The van der Waals surface area contributed by atoms with Gasteiger partial charge in [-0.15, -0.1) is 0 Å². The predicted octanol–water partition coefficient (Wildman–Crippen LogP) is 3.89. The fraction of sp³-hybridized carbons (Fsp3) is 0.273. The minimum atomic E-state index is -3.45. The summed E-state index contributed by atoms with van der Waals surface area (Å²) in [6, 6.07) is 19.4. The standard InChI is InChI=1S/C22H23N3O2S/c1-17-9-10-20-19(16-17)23-22(21-8-5-13-25(20)21)11-14-24(15-12-22)28(26,27)18-6-3-2-4-7-18/h2-10,13,16,23H,11-12,14-15H2,1H3. The highest BCUT2D eigenvalue weighted by Gasteiger charge is 2.43. The molecule has 6 heteroatoms. The topological polar surface area (TPSA) is 54.3 Å². The van der Waals surface area contributed by atoms with Gasteiger partial charge in [-0.25, -0.2) is 8.42 Å². The summed E-state index contributed by atoms with van der Waals surface area (Å²) in [7, 11) is -3.45. The normalized spacial score (nSPS) is 18.3. The molecule has 0 radical (unpaired) electrons. The van der Waals surface area contributed by atoms with Gasteiger partial charge in [0.25, 0.3) is 0 Å². The third kappa shape index (κ3) is 2.59. The van der Waals surface area contributed by atoms with Crippen LogP contribution in [0.1, 0.15) is 24.1 Å². The van der Waals surface area contributed by atoms with E-state index in [1.807, 2.05) is 6.07 Å². The summed E-state index contributed by atoms with van der Waals surface area (Å²) in [6.45, 7) is 3.09. The van der Waals surface area contributed by atoms with Crippen LogP contribution in [0.5, 0.6) is 0 Å². The minimum Gasteiger partial charge on any atom is -0.372 e. The van der Waals surface area contributed by atoms with E-state index >= 15 is 0 Å². The molecule has 5 rings (SSSR count). The number of anilines is 1. The molecule has 1 fully saturated rings.